The molecule has 0 atom stereocenters. The first kappa shape index (κ1) is 13.4. The molecule has 0 unspecified atom stereocenters. The van der Waals surface area contributed by atoms with E-state index < -0.39 is 0 Å². The Morgan fingerprint density at radius 3 is 2.56 bits per heavy atom. The Hall–Kier alpha value is -1.02. The van der Waals surface area contributed by atoms with Gasteiger partial charge in [0.25, 0.3) is 0 Å². The lowest BCUT2D eigenvalue weighted by atomic mass is 9.95. The zero-order valence-corrected chi connectivity index (χ0v) is 11.5. The van der Waals surface area contributed by atoms with Crippen molar-refractivity contribution in [1.82, 2.24) is 5.32 Å². The summed E-state index contributed by atoms with van der Waals surface area (Å²) in [6, 6.07) is 8.58. The highest BCUT2D eigenvalue weighted by molar-refractivity contribution is 5.27. The Morgan fingerprint density at radius 2 is 1.89 bits per heavy atom. The molecule has 0 radical (unpaired) electrons. The van der Waals surface area contributed by atoms with Crippen molar-refractivity contribution in [1.29, 1.82) is 0 Å². The minimum atomic E-state index is 0.852. The van der Waals surface area contributed by atoms with Gasteiger partial charge in [-0.15, -0.1) is 0 Å². The molecular formula is C16H25NO. The molecule has 0 aromatic heterocycles. The van der Waals surface area contributed by atoms with E-state index in [2.05, 4.69) is 36.5 Å². The summed E-state index contributed by atoms with van der Waals surface area (Å²) >= 11 is 0. The number of hydrogen-bond acceptors (Lipinski definition) is 2. The molecule has 1 saturated heterocycles. The Balaban J connectivity index is 1.69. The third-order valence-corrected chi connectivity index (χ3v) is 3.72. The summed E-state index contributed by atoms with van der Waals surface area (Å²) in [5.41, 5.74) is 1.41. The van der Waals surface area contributed by atoms with E-state index in [-0.39, 0.29) is 0 Å². The average Bonchev–Trinajstić information content (AvgIpc) is 2.42. The van der Waals surface area contributed by atoms with Crippen molar-refractivity contribution in [3.63, 3.8) is 0 Å². The standard InChI is InChI=1S/C16H25NO/c1-2-3-14-4-6-16(7-5-14)18-13-10-15-8-11-17-12-9-15/h4-7,15,17H,2-3,8-13H2,1H3. The van der Waals surface area contributed by atoms with Crippen LogP contribution in [0.3, 0.4) is 0 Å². The van der Waals surface area contributed by atoms with E-state index in [0.29, 0.717) is 0 Å². The molecule has 1 fully saturated rings. The van der Waals surface area contributed by atoms with Crippen LogP contribution >= 0.6 is 0 Å². The van der Waals surface area contributed by atoms with Crippen LogP contribution in [0.5, 0.6) is 5.75 Å². The first-order chi connectivity index (χ1) is 8.88. The zero-order valence-electron chi connectivity index (χ0n) is 11.5. The fourth-order valence-corrected chi connectivity index (χ4v) is 2.55. The molecule has 1 heterocycles. The molecule has 0 amide bonds. The zero-order chi connectivity index (χ0) is 12.6. The van der Waals surface area contributed by atoms with Gasteiger partial charge in [0.15, 0.2) is 0 Å². The van der Waals surface area contributed by atoms with Crippen LogP contribution in [0.1, 0.15) is 38.2 Å². The second-order valence-corrected chi connectivity index (χ2v) is 5.22. The lowest BCUT2D eigenvalue weighted by Gasteiger charge is -2.22. The van der Waals surface area contributed by atoms with Gasteiger partial charge < -0.3 is 10.1 Å². The molecule has 0 bridgehead atoms. The molecule has 1 aliphatic heterocycles. The normalized spacial score (nSPS) is 16.7. The van der Waals surface area contributed by atoms with Crippen molar-refractivity contribution in [2.45, 2.75) is 39.0 Å². The summed E-state index contributed by atoms with van der Waals surface area (Å²) in [5.74, 6) is 1.87. The number of nitrogens with one attached hydrogen (secondary N) is 1. The molecule has 2 rings (SSSR count). The van der Waals surface area contributed by atoms with Crippen LogP contribution in [0.25, 0.3) is 0 Å². The van der Waals surface area contributed by atoms with Crippen LogP contribution in [-0.4, -0.2) is 19.7 Å². The van der Waals surface area contributed by atoms with Gasteiger partial charge in [0.2, 0.25) is 0 Å². The molecule has 2 heteroatoms. The van der Waals surface area contributed by atoms with Gasteiger partial charge in [-0.25, -0.2) is 0 Å². The van der Waals surface area contributed by atoms with E-state index in [1.165, 1.54) is 44.3 Å². The molecule has 100 valence electrons. The maximum atomic E-state index is 5.82. The van der Waals surface area contributed by atoms with Crippen LogP contribution < -0.4 is 10.1 Å². The fourth-order valence-electron chi connectivity index (χ4n) is 2.55. The summed E-state index contributed by atoms with van der Waals surface area (Å²) < 4.78 is 5.82. The molecule has 1 N–H and O–H groups in total. The highest BCUT2D eigenvalue weighted by Gasteiger charge is 2.12. The highest BCUT2D eigenvalue weighted by Crippen LogP contribution is 2.18. The van der Waals surface area contributed by atoms with Gasteiger partial charge in [-0.05, 0) is 62.4 Å². The fraction of sp³-hybridized carbons (Fsp3) is 0.625. The number of rotatable bonds is 6. The lowest BCUT2D eigenvalue weighted by molar-refractivity contribution is 0.252. The lowest BCUT2D eigenvalue weighted by Crippen LogP contribution is -2.28. The first-order valence-electron chi connectivity index (χ1n) is 7.31. The maximum Gasteiger partial charge on any atom is 0.119 e. The molecule has 1 aromatic carbocycles. The third-order valence-electron chi connectivity index (χ3n) is 3.72. The molecular weight excluding hydrogens is 222 g/mol. The van der Waals surface area contributed by atoms with Crippen molar-refractivity contribution in [3.8, 4) is 5.75 Å². The maximum absolute atomic E-state index is 5.82. The minimum Gasteiger partial charge on any atom is -0.494 e. The molecule has 18 heavy (non-hydrogen) atoms. The van der Waals surface area contributed by atoms with Crippen LogP contribution in [0, 0.1) is 5.92 Å². The number of benzene rings is 1. The molecule has 0 saturated carbocycles. The third kappa shape index (κ3) is 4.34. The number of aryl methyl sites for hydroxylation is 1. The van der Waals surface area contributed by atoms with E-state index in [9.17, 15) is 0 Å². The summed E-state index contributed by atoms with van der Waals surface area (Å²) in [4.78, 5) is 0. The Morgan fingerprint density at radius 1 is 1.17 bits per heavy atom. The van der Waals surface area contributed by atoms with E-state index in [4.69, 9.17) is 4.74 Å². The SMILES string of the molecule is CCCc1ccc(OCCC2CCNCC2)cc1. The smallest absolute Gasteiger partial charge is 0.119 e. The van der Waals surface area contributed by atoms with Gasteiger partial charge in [-0.1, -0.05) is 25.5 Å². The number of ether oxygens (including phenoxy) is 1. The van der Waals surface area contributed by atoms with E-state index in [1.54, 1.807) is 0 Å². The predicted octanol–water partition coefficient (Wildman–Crippen LogP) is 3.41. The van der Waals surface area contributed by atoms with Gasteiger partial charge in [-0.2, -0.15) is 0 Å². The number of hydrogen-bond donors (Lipinski definition) is 1. The highest BCUT2D eigenvalue weighted by atomic mass is 16.5. The summed E-state index contributed by atoms with van der Waals surface area (Å²) in [6.07, 6.45) is 6.17. The van der Waals surface area contributed by atoms with Crippen molar-refractivity contribution in [2.75, 3.05) is 19.7 Å². The Labute approximate surface area is 111 Å². The largest absolute Gasteiger partial charge is 0.494 e. The summed E-state index contributed by atoms with van der Waals surface area (Å²) in [5, 5.41) is 3.40. The molecule has 1 aliphatic rings. The first-order valence-corrected chi connectivity index (χ1v) is 7.31. The molecule has 2 nitrogen and oxygen atoms in total. The number of piperidine rings is 1. The quantitative estimate of drug-likeness (QED) is 0.832. The van der Waals surface area contributed by atoms with Gasteiger partial charge >= 0.3 is 0 Å². The Kier molecular flexibility index (Phi) is 5.53. The topological polar surface area (TPSA) is 21.3 Å². The monoisotopic (exact) mass is 247 g/mol. The Bertz CT molecular complexity index is 327. The summed E-state index contributed by atoms with van der Waals surface area (Å²) in [6.45, 7) is 5.42. The second kappa shape index (κ2) is 7.42. The molecule has 1 aromatic rings. The van der Waals surface area contributed by atoms with Crippen LogP contribution in [-0.2, 0) is 6.42 Å². The van der Waals surface area contributed by atoms with Gasteiger partial charge in [-0.3, -0.25) is 0 Å². The second-order valence-electron chi connectivity index (χ2n) is 5.22. The van der Waals surface area contributed by atoms with E-state index >= 15 is 0 Å². The molecule has 0 spiro atoms. The predicted molar refractivity (Wildman–Crippen MR) is 76.1 cm³/mol. The van der Waals surface area contributed by atoms with Crippen LogP contribution in [0.15, 0.2) is 24.3 Å². The van der Waals surface area contributed by atoms with Gasteiger partial charge in [0, 0.05) is 0 Å². The van der Waals surface area contributed by atoms with Crippen molar-refractivity contribution in [3.05, 3.63) is 29.8 Å². The minimum absolute atomic E-state index is 0.852. The van der Waals surface area contributed by atoms with Crippen molar-refractivity contribution in [2.24, 2.45) is 5.92 Å². The molecule has 0 aliphatic carbocycles. The van der Waals surface area contributed by atoms with Crippen LogP contribution in [0.2, 0.25) is 0 Å². The van der Waals surface area contributed by atoms with Crippen LogP contribution in [0.4, 0.5) is 0 Å². The summed E-state index contributed by atoms with van der Waals surface area (Å²) in [7, 11) is 0. The van der Waals surface area contributed by atoms with E-state index in [0.717, 1.165) is 24.7 Å². The van der Waals surface area contributed by atoms with Gasteiger partial charge in [0.1, 0.15) is 5.75 Å². The van der Waals surface area contributed by atoms with Crippen molar-refractivity contribution >= 4 is 0 Å². The van der Waals surface area contributed by atoms with Crippen molar-refractivity contribution < 1.29 is 4.74 Å². The van der Waals surface area contributed by atoms with Gasteiger partial charge in [0.05, 0.1) is 6.61 Å². The average molecular weight is 247 g/mol. The van der Waals surface area contributed by atoms with E-state index in [1.807, 2.05) is 0 Å².